The van der Waals surface area contributed by atoms with E-state index in [0.717, 1.165) is 50.6 Å². The molecule has 1 saturated heterocycles. The van der Waals surface area contributed by atoms with Crippen molar-refractivity contribution in [2.75, 3.05) is 40.9 Å². The zero-order chi connectivity index (χ0) is 18.1. The van der Waals surface area contributed by atoms with Crippen LogP contribution in [0.15, 0.2) is 29.3 Å². The molecule has 7 heteroatoms. The molecule has 0 spiro atoms. The van der Waals surface area contributed by atoms with Gasteiger partial charge in [-0.2, -0.15) is 0 Å². The van der Waals surface area contributed by atoms with E-state index in [2.05, 4.69) is 32.1 Å². The van der Waals surface area contributed by atoms with Crippen molar-refractivity contribution in [2.45, 2.75) is 31.6 Å². The molecule has 1 aliphatic rings. The molecule has 1 aliphatic heterocycles. The van der Waals surface area contributed by atoms with Crippen LogP contribution in [0.4, 0.5) is 0 Å². The van der Waals surface area contributed by atoms with Crippen molar-refractivity contribution in [1.82, 2.24) is 10.2 Å². The predicted octanol–water partition coefficient (Wildman–Crippen LogP) is 3.02. The number of hydrogen-bond acceptors (Lipinski definition) is 4. The van der Waals surface area contributed by atoms with E-state index < -0.39 is 0 Å². The Morgan fingerprint density at radius 1 is 1.27 bits per heavy atom. The Kier molecular flexibility index (Phi) is 10.4. The van der Waals surface area contributed by atoms with E-state index >= 15 is 0 Å². The molecule has 0 aliphatic carbocycles. The number of carbonyl (C=O) groups is 1. The minimum atomic E-state index is -0.147. The number of ether oxygens (including phenoxy) is 2. The summed E-state index contributed by atoms with van der Waals surface area (Å²) in [4.78, 5) is 17.8. The number of rotatable bonds is 7. The number of guanidine groups is 1. The number of unbranched alkanes of at least 4 members (excludes halogenated alkanes) is 1. The lowest BCUT2D eigenvalue weighted by Crippen LogP contribution is -2.40. The van der Waals surface area contributed by atoms with Gasteiger partial charge in [0.2, 0.25) is 0 Å². The maximum absolute atomic E-state index is 11.1. The van der Waals surface area contributed by atoms with Gasteiger partial charge in [-0.15, -0.1) is 24.0 Å². The Labute approximate surface area is 173 Å². The van der Waals surface area contributed by atoms with Gasteiger partial charge in [-0.3, -0.25) is 9.79 Å². The quantitative estimate of drug-likeness (QED) is 0.216. The van der Waals surface area contributed by atoms with E-state index in [1.807, 2.05) is 19.2 Å². The van der Waals surface area contributed by atoms with Gasteiger partial charge < -0.3 is 19.7 Å². The summed E-state index contributed by atoms with van der Waals surface area (Å²) in [6.07, 6.45) is 3.34. The van der Waals surface area contributed by atoms with Crippen LogP contribution in [0.3, 0.4) is 0 Å². The van der Waals surface area contributed by atoms with Crippen LogP contribution in [0.2, 0.25) is 0 Å². The summed E-state index contributed by atoms with van der Waals surface area (Å²) < 4.78 is 9.88. The highest BCUT2D eigenvalue weighted by Crippen LogP contribution is 2.28. The zero-order valence-corrected chi connectivity index (χ0v) is 18.2. The Morgan fingerprint density at radius 3 is 2.62 bits per heavy atom. The molecule has 1 atom stereocenters. The average Bonchev–Trinajstić information content (AvgIpc) is 3.14. The molecule has 1 fully saturated rings. The van der Waals surface area contributed by atoms with Crippen LogP contribution in [0.1, 0.15) is 37.2 Å². The fraction of sp³-hybridized carbons (Fsp3) is 0.579. The molecule has 1 aromatic carbocycles. The average molecular weight is 475 g/mol. The summed E-state index contributed by atoms with van der Waals surface area (Å²) in [7, 11) is 4.93. The molecule has 1 heterocycles. The maximum Gasteiger partial charge on any atom is 0.305 e. The number of hydrogen-bond donors (Lipinski definition) is 1. The van der Waals surface area contributed by atoms with Gasteiger partial charge in [-0.25, -0.2) is 0 Å². The van der Waals surface area contributed by atoms with Gasteiger partial charge in [0.05, 0.1) is 14.2 Å². The molecule has 1 N–H and O–H groups in total. The Balaban J connectivity index is 0.00000338. The highest BCUT2D eigenvalue weighted by molar-refractivity contribution is 14.0. The summed E-state index contributed by atoms with van der Waals surface area (Å²) in [6, 6.07) is 8.34. The molecule has 2 rings (SSSR count). The molecular weight excluding hydrogens is 445 g/mol. The second-order valence-electron chi connectivity index (χ2n) is 6.21. The first-order valence-corrected chi connectivity index (χ1v) is 8.84. The SMILES string of the molecule is CN=C(NCCCCC(=O)OC)N1CCC(c2ccc(OC)cc2)C1.I. The third-order valence-corrected chi connectivity index (χ3v) is 4.61. The minimum absolute atomic E-state index is 0. The summed E-state index contributed by atoms with van der Waals surface area (Å²) in [6.45, 7) is 2.78. The number of aliphatic imine (C=N–C) groups is 1. The number of esters is 1. The smallest absolute Gasteiger partial charge is 0.305 e. The summed E-state index contributed by atoms with van der Waals surface area (Å²) in [5, 5.41) is 3.40. The van der Waals surface area contributed by atoms with Crippen molar-refractivity contribution in [3.05, 3.63) is 29.8 Å². The number of methoxy groups -OCH3 is 2. The topological polar surface area (TPSA) is 63.2 Å². The third kappa shape index (κ3) is 6.66. The van der Waals surface area contributed by atoms with Crippen molar-refractivity contribution < 1.29 is 14.3 Å². The van der Waals surface area contributed by atoms with Crippen molar-refractivity contribution in [3.63, 3.8) is 0 Å². The largest absolute Gasteiger partial charge is 0.497 e. The van der Waals surface area contributed by atoms with Crippen molar-refractivity contribution in [2.24, 2.45) is 4.99 Å². The summed E-state index contributed by atoms with van der Waals surface area (Å²) >= 11 is 0. The summed E-state index contributed by atoms with van der Waals surface area (Å²) in [5.74, 6) is 2.20. The first kappa shape index (κ1) is 22.5. The third-order valence-electron chi connectivity index (χ3n) is 4.61. The van der Waals surface area contributed by atoms with Crippen molar-refractivity contribution >= 4 is 35.9 Å². The van der Waals surface area contributed by atoms with Crippen LogP contribution in [0, 0.1) is 0 Å². The van der Waals surface area contributed by atoms with Crippen LogP contribution in [0.5, 0.6) is 5.75 Å². The van der Waals surface area contributed by atoms with E-state index in [9.17, 15) is 4.79 Å². The lowest BCUT2D eigenvalue weighted by Gasteiger charge is -2.22. The number of halogens is 1. The second-order valence-corrected chi connectivity index (χ2v) is 6.21. The Hall–Kier alpha value is -1.51. The van der Waals surface area contributed by atoms with Crippen LogP contribution in [-0.2, 0) is 9.53 Å². The van der Waals surface area contributed by atoms with E-state index in [0.29, 0.717) is 12.3 Å². The Bertz CT molecular complexity index is 578. The standard InChI is InChI=1S/C19H29N3O3.HI/c1-20-19(21-12-5-4-6-18(23)25-3)22-13-11-16(14-22)15-7-9-17(24-2)10-8-15;/h7-10,16H,4-6,11-14H2,1-3H3,(H,20,21);1H. The van der Waals surface area contributed by atoms with Crippen LogP contribution in [0.25, 0.3) is 0 Å². The molecule has 26 heavy (non-hydrogen) atoms. The number of nitrogens with zero attached hydrogens (tertiary/aromatic N) is 2. The van der Waals surface area contributed by atoms with Crippen molar-refractivity contribution in [1.29, 1.82) is 0 Å². The molecule has 0 amide bonds. The number of likely N-dealkylation sites (tertiary alicyclic amines) is 1. The van der Waals surface area contributed by atoms with Crippen LogP contribution >= 0.6 is 24.0 Å². The van der Waals surface area contributed by atoms with Gasteiger partial charge in [0.15, 0.2) is 5.96 Å². The first-order chi connectivity index (χ1) is 12.2. The molecule has 0 saturated carbocycles. The van der Waals surface area contributed by atoms with Gasteiger partial charge in [0, 0.05) is 39.0 Å². The Morgan fingerprint density at radius 2 is 2.00 bits per heavy atom. The summed E-state index contributed by atoms with van der Waals surface area (Å²) in [5.41, 5.74) is 1.34. The van der Waals surface area contributed by atoms with Gasteiger partial charge in [0.25, 0.3) is 0 Å². The lowest BCUT2D eigenvalue weighted by molar-refractivity contribution is -0.140. The number of nitrogens with one attached hydrogen (secondary N) is 1. The zero-order valence-electron chi connectivity index (χ0n) is 15.9. The number of benzene rings is 1. The first-order valence-electron chi connectivity index (χ1n) is 8.84. The van der Waals surface area contributed by atoms with Gasteiger partial charge in [0.1, 0.15) is 5.75 Å². The van der Waals surface area contributed by atoms with Gasteiger partial charge >= 0.3 is 5.97 Å². The molecule has 1 aromatic rings. The lowest BCUT2D eigenvalue weighted by atomic mass is 9.98. The molecule has 146 valence electrons. The molecule has 0 aromatic heterocycles. The molecule has 6 nitrogen and oxygen atoms in total. The molecular formula is C19H30IN3O3. The van der Waals surface area contributed by atoms with E-state index in [1.54, 1.807) is 7.11 Å². The fourth-order valence-electron chi connectivity index (χ4n) is 3.13. The molecule has 1 unspecified atom stereocenters. The fourth-order valence-corrected chi connectivity index (χ4v) is 3.13. The van der Waals surface area contributed by atoms with E-state index in [4.69, 9.17) is 4.74 Å². The maximum atomic E-state index is 11.1. The second kappa shape index (κ2) is 12.0. The van der Waals surface area contributed by atoms with Crippen LogP contribution in [-0.4, -0.2) is 57.7 Å². The van der Waals surface area contributed by atoms with Gasteiger partial charge in [-0.05, 0) is 37.0 Å². The minimum Gasteiger partial charge on any atom is -0.497 e. The van der Waals surface area contributed by atoms with Crippen molar-refractivity contribution in [3.8, 4) is 5.75 Å². The predicted molar refractivity (Wildman–Crippen MR) is 115 cm³/mol. The van der Waals surface area contributed by atoms with E-state index in [1.165, 1.54) is 12.7 Å². The monoisotopic (exact) mass is 475 g/mol. The normalized spacial score (nSPS) is 16.8. The highest BCUT2D eigenvalue weighted by Gasteiger charge is 2.25. The number of carbonyl (C=O) groups excluding carboxylic acids is 1. The van der Waals surface area contributed by atoms with Crippen LogP contribution < -0.4 is 10.1 Å². The molecule has 0 bridgehead atoms. The highest BCUT2D eigenvalue weighted by atomic mass is 127. The van der Waals surface area contributed by atoms with E-state index in [-0.39, 0.29) is 29.9 Å². The van der Waals surface area contributed by atoms with Gasteiger partial charge in [-0.1, -0.05) is 12.1 Å². The molecule has 0 radical (unpaired) electrons.